The van der Waals surface area contributed by atoms with Crippen LogP contribution in [0.15, 0.2) is 18.2 Å². The lowest BCUT2D eigenvalue weighted by atomic mass is 9.93. The number of rotatable bonds is 3. The van der Waals surface area contributed by atoms with Crippen LogP contribution >= 0.6 is 11.6 Å². The molecule has 0 fully saturated rings. The summed E-state index contributed by atoms with van der Waals surface area (Å²) in [7, 11) is 0. The topological polar surface area (TPSA) is 17.1 Å². The number of hydrogen-bond acceptors (Lipinski definition) is 1. The molecule has 0 saturated carbocycles. The Hall–Kier alpha value is -0.820. The summed E-state index contributed by atoms with van der Waals surface area (Å²) < 4.78 is 0. The van der Waals surface area contributed by atoms with Gasteiger partial charge in [0.2, 0.25) is 0 Å². The van der Waals surface area contributed by atoms with Gasteiger partial charge in [-0.05, 0) is 46.7 Å². The van der Waals surface area contributed by atoms with Crippen LogP contribution in [0.2, 0.25) is 0 Å². The van der Waals surface area contributed by atoms with E-state index >= 15 is 0 Å². The van der Waals surface area contributed by atoms with Gasteiger partial charge in [-0.1, -0.05) is 33.8 Å². The first-order chi connectivity index (χ1) is 6.91. The molecule has 0 saturated heterocycles. The molecule has 0 aliphatic heterocycles. The van der Waals surface area contributed by atoms with Crippen molar-refractivity contribution in [2.45, 2.75) is 39.5 Å². The van der Waals surface area contributed by atoms with Crippen LogP contribution in [-0.2, 0) is 0 Å². The SMILES string of the molecule is CC(C)c1cc(C(=O)Cl)cc(C(C)C)c1. The van der Waals surface area contributed by atoms with E-state index in [9.17, 15) is 4.79 Å². The van der Waals surface area contributed by atoms with Crippen molar-refractivity contribution in [3.05, 3.63) is 34.9 Å². The van der Waals surface area contributed by atoms with Crippen molar-refractivity contribution < 1.29 is 4.79 Å². The zero-order valence-corrected chi connectivity index (χ0v) is 10.4. The number of benzene rings is 1. The van der Waals surface area contributed by atoms with Crippen molar-refractivity contribution in [1.29, 1.82) is 0 Å². The summed E-state index contributed by atoms with van der Waals surface area (Å²) >= 11 is 5.52. The van der Waals surface area contributed by atoms with Crippen molar-refractivity contribution in [3.63, 3.8) is 0 Å². The van der Waals surface area contributed by atoms with E-state index in [-0.39, 0.29) is 5.24 Å². The molecular formula is C13H17ClO. The highest BCUT2D eigenvalue weighted by Gasteiger charge is 2.10. The fourth-order valence-corrected chi connectivity index (χ4v) is 1.57. The second kappa shape index (κ2) is 4.80. The molecule has 0 unspecified atom stereocenters. The Labute approximate surface area is 96.5 Å². The van der Waals surface area contributed by atoms with Crippen LogP contribution in [0.25, 0.3) is 0 Å². The average molecular weight is 225 g/mol. The first kappa shape index (κ1) is 12.3. The van der Waals surface area contributed by atoms with Crippen molar-refractivity contribution in [3.8, 4) is 0 Å². The third-order valence-corrected chi connectivity index (χ3v) is 2.76. The zero-order chi connectivity index (χ0) is 11.6. The summed E-state index contributed by atoms with van der Waals surface area (Å²) in [6.45, 7) is 8.45. The van der Waals surface area contributed by atoms with Gasteiger partial charge >= 0.3 is 0 Å². The maximum absolute atomic E-state index is 11.2. The molecule has 0 aliphatic rings. The minimum absolute atomic E-state index is 0.376. The minimum atomic E-state index is -0.376. The van der Waals surface area contributed by atoms with E-state index in [1.54, 1.807) is 0 Å². The van der Waals surface area contributed by atoms with E-state index < -0.39 is 0 Å². The van der Waals surface area contributed by atoms with E-state index in [0.29, 0.717) is 17.4 Å². The van der Waals surface area contributed by atoms with Crippen molar-refractivity contribution in [2.24, 2.45) is 0 Å². The van der Waals surface area contributed by atoms with Crippen LogP contribution in [0.5, 0.6) is 0 Å². The molecule has 0 spiro atoms. The van der Waals surface area contributed by atoms with Crippen molar-refractivity contribution in [1.82, 2.24) is 0 Å². The van der Waals surface area contributed by atoms with Gasteiger partial charge in [0, 0.05) is 5.56 Å². The van der Waals surface area contributed by atoms with Crippen LogP contribution in [0.3, 0.4) is 0 Å². The van der Waals surface area contributed by atoms with Crippen LogP contribution in [0, 0.1) is 0 Å². The zero-order valence-electron chi connectivity index (χ0n) is 9.67. The van der Waals surface area contributed by atoms with E-state index in [2.05, 4.69) is 33.8 Å². The van der Waals surface area contributed by atoms with E-state index in [4.69, 9.17) is 11.6 Å². The van der Waals surface area contributed by atoms with Crippen molar-refractivity contribution >= 4 is 16.8 Å². The van der Waals surface area contributed by atoms with Crippen LogP contribution < -0.4 is 0 Å². The van der Waals surface area contributed by atoms with Gasteiger partial charge in [0.25, 0.3) is 5.24 Å². The van der Waals surface area contributed by atoms with Gasteiger partial charge in [-0.15, -0.1) is 0 Å². The monoisotopic (exact) mass is 224 g/mol. The molecule has 0 bridgehead atoms. The first-order valence-corrected chi connectivity index (χ1v) is 5.64. The van der Waals surface area contributed by atoms with Gasteiger partial charge in [0.1, 0.15) is 0 Å². The first-order valence-electron chi connectivity index (χ1n) is 5.26. The second-order valence-electron chi connectivity index (χ2n) is 4.47. The molecule has 0 heterocycles. The standard InChI is InChI=1S/C13H17ClO/c1-8(2)10-5-11(9(3)4)7-12(6-10)13(14)15/h5-9H,1-4H3. The Morgan fingerprint density at radius 1 is 1.00 bits per heavy atom. The van der Waals surface area contributed by atoms with Gasteiger partial charge in [-0.2, -0.15) is 0 Å². The smallest absolute Gasteiger partial charge is 0.252 e. The third kappa shape index (κ3) is 3.07. The molecular weight excluding hydrogens is 208 g/mol. The van der Waals surface area contributed by atoms with E-state index in [0.717, 1.165) is 0 Å². The molecule has 1 aromatic carbocycles. The Balaban J connectivity index is 3.26. The lowest BCUT2D eigenvalue weighted by Crippen LogP contribution is -1.98. The predicted molar refractivity (Wildman–Crippen MR) is 64.8 cm³/mol. The summed E-state index contributed by atoms with van der Waals surface area (Å²) in [5.74, 6) is 0.830. The van der Waals surface area contributed by atoms with Crippen molar-refractivity contribution in [2.75, 3.05) is 0 Å². The maximum atomic E-state index is 11.2. The van der Waals surface area contributed by atoms with Gasteiger partial charge in [-0.3, -0.25) is 4.79 Å². The number of halogens is 1. The van der Waals surface area contributed by atoms with Gasteiger partial charge in [0.05, 0.1) is 0 Å². The fraction of sp³-hybridized carbons (Fsp3) is 0.462. The van der Waals surface area contributed by atoms with Gasteiger partial charge < -0.3 is 0 Å². The summed E-state index contributed by atoms with van der Waals surface area (Å²) in [5.41, 5.74) is 2.95. The molecule has 0 N–H and O–H groups in total. The molecule has 82 valence electrons. The molecule has 1 aromatic rings. The van der Waals surface area contributed by atoms with Crippen LogP contribution in [-0.4, -0.2) is 5.24 Å². The molecule has 15 heavy (non-hydrogen) atoms. The highest BCUT2D eigenvalue weighted by atomic mass is 35.5. The highest BCUT2D eigenvalue weighted by molar-refractivity contribution is 6.67. The van der Waals surface area contributed by atoms with E-state index in [1.807, 2.05) is 12.1 Å². The normalized spacial score (nSPS) is 11.1. The second-order valence-corrected chi connectivity index (χ2v) is 4.81. The third-order valence-electron chi connectivity index (χ3n) is 2.54. The number of hydrogen-bond donors (Lipinski definition) is 0. The largest absolute Gasteiger partial charge is 0.276 e. The Kier molecular flexibility index (Phi) is 3.92. The minimum Gasteiger partial charge on any atom is -0.276 e. The molecule has 1 nitrogen and oxygen atoms in total. The lowest BCUT2D eigenvalue weighted by molar-refractivity contribution is 0.108. The summed E-state index contributed by atoms with van der Waals surface area (Å²) in [5, 5.41) is -0.376. The quantitative estimate of drug-likeness (QED) is 0.700. The maximum Gasteiger partial charge on any atom is 0.252 e. The van der Waals surface area contributed by atoms with Crippen LogP contribution in [0.4, 0.5) is 0 Å². The summed E-state index contributed by atoms with van der Waals surface area (Å²) in [6.07, 6.45) is 0. The molecule has 0 atom stereocenters. The molecule has 1 rings (SSSR count). The molecule has 2 heteroatoms. The van der Waals surface area contributed by atoms with Gasteiger partial charge in [-0.25, -0.2) is 0 Å². The molecule has 0 aromatic heterocycles. The lowest BCUT2D eigenvalue weighted by Gasteiger charge is -2.12. The Morgan fingerprint density at radius 3 is 1.67 bits per heavy atom. The molecule has 0 radical (unpaired) electrons. The Bertz CT molecular complexity index is 341. The summed E-state index contributed by atoms with van der Waals surface area (Å²) in [6, 6.07) is 5.91. The average Bonchev–Trinajstić information content (AvgIpc) is 2.16. The molecule has 0 amide bonds. The summed E-state index contributed by atoms with van der Waals surface area (Å²) in [4.78, 5) is 11.2. The fourth-order valence-electron chi connectivity index (χ4n) is 1.46. The highest BCUT2D eigenvalue weighted by Crippen LogP contribution is 2.24. The number of carbonyl (C=O) groups is 1. The van der Waals surface area contributed by atoms with Gasteiger partial charge in [0.15, 0.2) is 0 Å². The van der Waals surface area contributed by atoms with E-state index in [1.165, 1.54) is 11.1 Å². The number of carbonyl (C=O) groups excluding carboxylic acids is 1. The molecule has 0 aliphatic carbocycles. The van der Waals surface area contributed by atoms with Crippen LogP contribution in [0.1, 0.15) is 61.0 Å². The Morgan fingerprint density at radius 2 is 1.40 bits per heavy atom. The predicted octanol–water partition coefficient (Wildman–Crippen LogP) is 4.31.